The topological polar surface area (TPSA) is 50.4 Å². The Labute approximate surface area is 114 Å². The number of nitrogens with one attached hydrogen (secondary N) is 2. The molecule has 2 N–H and O–H groups in total. The number of rotatable bonds is 8. The summed E-state index contributed by atoms with van der Waals surface area (Å²) in [6.45, 7) is 1.62. The van der Waals surface area contributed by atoms with E-state index in [0.717, 1.165) is 38.1 Å². The van der Waals surface area contributed by atoms with Crippen molar-refractivity contribution in [2.45, 2.75) is 31.7 Å². The van der Waals surface area contributed by atoms with E-state index in [1.807, 2.05) is 18.2 Å². The van der Waals surface area contributed by atoms with Gasteiger partial charge in [-0.1, -0.05) is 12.1 Å². The van der Waals surface area contributed by atoms with Gasteiger partial charge in [0.25, 0.3) is 0 Å². The molecule has 4 heteroatoms. The van der Waals surface area contributed by atoms with Gasteiger partial charge in [0.05, 0.1) is 7.11 Å². The Morgan fingerprint density at radius 1 is 1.37 bits per heavy atom. The number of carbonyl (C=O) groups is 1. The summed E-state index contributed by atoms with van der Waals surface area (Å²) in [5.74, 6) is 1.05. The van der Waals surface area contributed by atoms with Crippen LogP contribution in [-0.4, -0.2) is 32.1 Å². The molecule has 0 saturated heterocycles. The number of ether oxygens (including phenoxy) is 1. The summed E-state index contributed by atoms with van der Waals surface area (Å²) in [6.07, 6.45) is 3.81. The average molecular weight is 262 g/mol. The molecule has 19 heavy (non-hydrogen) atoms. The molecule has 0 unspecified atom stereocenters. The molecule has 1 aromatic carbocycles. The van der Waals surface area contributed by atoms with Crippen LogP contribution in [0.2, 0.25) is 0 Å². The number of hydrogen-bond donors (Lipinski definition) is 2. The first kappa shape index (κ1) is 13.9. The Balaban J connectivity index is 1.56. The lowest BCUT2D eigenvalue weighted by molar-refractivity contribution is -0.121. The molecule has 0 aliphatic heterocycles. The minimum Gasteiger partial charge on any atom is -0.497 e. The van der Waals surface area contributed by atoms with Crippen LogP contribution < -0.4 is 15.4 Å². The number of amides is 1. The van der Waals surface area contributed by atoms with Gasteiger partial charge in [-0.05, 0) is 43.5 Å². The van der Waals surface area contributed by atoms with E-state index in [4.69, 9.17) is 4.74 Å². The molecule has 0 aromatic heterocycles. The lowest BCUT2D eigenvalue weighted by Crippen LogP contribution is -2.29. The molecular formula is C15H22N2O2. The largest absolute Gasteiger partial charge is 0.497 e. The van der Waals surface area contributed by atoms with Gasteiger partial charge in [-0.3, -0.25) is 4.79 Å². The van der Waals surface area contributed by atoms with Gasteiger partial charge in [-0.2, -0.15) is 0 Å². The van der Waals surface area contributed by atoms with Gasteiger partial charge in [0.2, 0.25) is 5.91 Å². The minimum absolute atomic E-state index is 0.163. The molecule has 1 aliphatic carbocycles. The van der Waals surface area contributed by atoms with Crippen LogP contribution in [-0.2, 0) is 11.2 Å². The standard InChI is InChI=1S/C15H22N2O2/c1-19-14-4-2-3-12(11-14)7-9-16-10-8-15(18)17-13-5-6-13/h2-4,11,13,16H,5-10H2,1H3,(H,17,18). The Morgan fingerprint density at radius 3 is 2.95 bits per heavy atom. The summed E-state index contributed by atoms with van der Waals surface area (Å²) in [4.78, 5) is 11.4. The Hall–Kier alpha value is -1.55. The van der Waals surface area contributed by atoms with Crippen molar-refractivity contribution in [1.82, 2.24) is 10.6 Å². The molecule has 0 bridgehead atoms. The third kappa shape index (κ3) is 5.30. The third-order valence-corrected chi connectivity index (χ3v) is 3.20. The molecule has 2 rings (SSSR count). The zero-order valence-corrected chi connectivity index (χ0v) is 11.4. The smallest absolute Gasteiger partial charge is 0.221 e. The van der Waals surface area contributed by atoms with E-state index in [9.17, 15) is 4.79 Å². The average Bonchev–Trinajstić information content (AvgIpc) is 3.22. The molecular weight excluding hydrogens is 240 g/mol. The molecule has 0 radical (unpaired) electrons. The summed E-state index contributed by atoms with van der Waals surface area (Å²) in [5, 5.41) is 6.28. The quantitative estimate of drug-likeness (QED) is 0.698. The summed E-state index contributed by atoms with van der Waals surface area (Å²) < 4.78 is 5.18. The van der Waals surface area contributed by atoms with Gasteiger partial charge in [-0.15, -0.1) is 0 Å². The van der Waals surface area contributed by atoms with Gasteiger partial charge < -0.3 is 15.4 Å². The van der Waals surface area contributed by atoms with Crippen molar-refractivity contribution in [3.63, 3.8) is 0 Å². The van der Waals surface area contributed by atoms with Crippen molar-refractivity contribution in [2.24, 2.45) is 0 Å². The molecule has 0 atom stereocenters. The highest BCUT2D eigenvalue weighted by Gasteiger charge is 2.22. The molecule has 1 aliphatic rings. The highest BCUT2D eigenvalue weighted by atomic mass is 16.5. The molecule has 0 spiro atoms. The van der Waals surface area contributed by atoms with Crippen molar-refractivity contribution in [1.29, 1.82) is 0 Å². The SMILES string of the molecule is COc1cccc(CCNCCC(=O)NC2CC2)c1. The van der Waals surface area contributed by atoms with Crippen molar-refractivity contribution in [3.05, 3.63) is 29.8 Å². The fourth-order valence-electron chi connectivity index (χ4n) is 1.92. The predicted molar refractivity (Wildman–Crippen MR) is 75.3 cm³/mol. The number of methoxy groups -OCH3 is 1. The molecule has 0 heterocycles. The van der Waals surface area contributed by atoms with Crippen molar-refractivity contribution >= 4 is 5.91 Å². The van der Waals surface area contributed by atoms with Gasteiger partial charge in [0.15, 0.2) is 0 Å². The maximum atomic E-state index is 11.4. The van der Waals surface area contributed by atoms with Crippen LogP contribution in [0.1, 0.15) is 24.8 Å². The van der Waals surface area contributed by atoms with Gasteiger partial charge in [-0.25, -0.2) is 0 Å². The van der Waals surface area contributed by atoms with E-state index in [1.165, 1.54) is 5.56 Å². The zero-order chi connectivity index (χ0) is 13.5. The van der Waals surface area contributed by atoms with E-state index in [2.05, 4.69) is 16.7 Å². The minimum atomic E-state index is 0.163. The van der Waals surface area contributed by atoms with E-state index in [0.29, 0.717) is 12.5 Å². The second-order valence-electron chi connectivity index (χ2n) is 4.94. The summed E-state index contributed by atoms with van der Waals surface area (Å²) >= 11 is 0. The van der Waals surface area contributed by atoms with Crippen LogP contribution in [0.3, 0.4) is 0 Å². The highest BCUT2D eigenvalue weighted by molar-refractivity contribution is 5.76. The lowest BCUT2D eigenvalue weighted by Gasteiger charge is -2.07. The first-order valence-electron chi connectivity index (χ1n) is 6.91. The first-order chi connectivity index (χ1) is 9.28. The molecule has 104 valence electrons. The van der Waals surface area contributed by atoms with Crippen LogP contribution in [0.5, 0.6) is 5.75 Å². The maximum absolute atomic E-state index is 11.4. The third-order valence-electron chi connectivity index (χ3n) is 3.20. The van der Waals surface area contributed by atoms with E-state index < -0.39 is 0 Å². The number of benzene rings is 1. The maximum Gasteiger partial charge on any atom is 0.221 e. The van der Waals surface area contributed by atoms with Crippen LogP contribution in [0.25, 0.3) is 0 Å². The fraction of sp³-hybridized carbons (Fsp3) is 0.533. The summed E-state index contributed by atoms with van der Waals surface area (Å²) in [7, 11) is 1.68. The second-order valence-corrected chi connectivity index (χ2v) is 4.94. The highest BCUT2D eigenvalue weighted by Crippen LogP contribution is 2.18. The van der Waals surface area contributed by atoms with E-state index in [-0.39, 0.29) is 5.91 Å². The molecule has 1 amide bonds. The Morgan fingerprint density at radius 2 is 2.21 bits per heavy atom. The Kier molecular flexibility index (Phi) is 5.21. The molecule has 1 fully saturated rings. The van der Waals surface area contributed by atoms with Crippen molar-refractivity contribution in [3.8, 4) is 5.75 Å². The van der Waals surface area contributed by atoms with Gasteiger partial charge >= 0.3 is 0 Å². The first-order valence-corrected chi connectivity index (χ1v) is 6.91. The monoisotopic (exact) mass is 262 g/mol. The van der Waals surface area contributed by atoms with Crippen LogP contribution in [0.15, 0.2) is 24.3 Å². The second kappa shape index (κ2) is 7.14. The molecule has 4 nitrogen and oxygen atoms in total. The molecule has 1 saturated carbocycles. The van der Waals surface area contributed by atoms with Crippen molar-refractivity contribution in [2.75, 3.05) is 20.2 Å². The van der Waals surface area contributed by atoms with E-state index >= 15 is 0 Å². The van der Waals surface area contributed by atoms with Gasteiger partial charge in [0, 0.05) is 19.0 Å². The van der Waals surface area contributed by atoms with Crippen LogP contribution in [0, 0.1) is 0 Å². The number of hydrogen-bond acceptors (Lipinski definition) is 3. The predicted octanol–water partition coefficient (Wildman–Crippen LogP) is 1.50. The van der Waals surface area contributed by atoms with Crippen molar-refractivity contribution < 1.29 is 9.53 Å². The van der Waals surface area contributed by atoms with Crippen LogP contribution >= 0.6 is 0 Å². The van der Waals surface area contributed by atoms with Gasteiger partial charge in [0.1, 0.15) is 5.75 Å². The Bertz CT molecular complexity index is 416. The summed E-state index contributed by atoms with van der Waals surface area (Å²) in [5.41, 5.74) is 1.24. The zero-order valence-electron chi connectivity index (χ0n) is 11.4. The van der Waals surface area contributed by atoms with E-state index in [1.54, 1.807) is 7.11 Å². The van der Waals surface area contributed by atoms with Crippen LogP contribution in [0.4, 0.5) is 0 Å². The number of carbonyl (C=O) groups excluding carboxylic acids is 1. The summed E-state index contributed by atoms with van der Waals surface area (Å²) in [6, 6.07) is 8.53. The normalized spacial score (nSPS) is 14.2. The lowest BCUT2D eigenvalue weighted by atomic mass is 10.1. The molecule has 1 aromatic rings. The fourth-order valence-corrected chi connectivity index (χ4v) is 1.92.